The number of hydrogen-bond donors (Lipinski definition) is 1. The van der Waals surface area contributed by atoms with Crippen molar-refractivity contribution in [3.8, 4) is 0 Å². The second kappa shape index (κ2) is 6.46. The SMILES string of the molecule is CCCCOCCC1(CN)CCOC1C. The fraction of sp³-hybridized carbons (Fsp3) is 1.00. The number of ether oxygens (including phenoxy) is 2. The van der Waals surface area contributed by atoms with Gasteiger partial charge in [-0.2, -0.15) is 0 Å². The van der Waals surface area contributed by atoms with Crippen molar-refractivity contribution >= 4 is 0 Å². The third kappa shape index (κ3) is 3.44. The first kappa shape index (κ1) is 12.9. The van der Waals surface area contributed by atoms with Crippen molar-refractivity contribution in [2.75, 3.05) is 26.4 Å². The molecule has 1 fully saturated rings. The highest BCUT2D eigenvalue weighted by molar-refractivity contribution is 4.90. The van der Waals surface area contributed by atoms with Gasteiger partial charge in [0.15, 0.2) is 0 Å². The maximum Gasteiger partial charge on any atom is 0.0616 e. The maximum absolute atomic E-state index is 5.86. The van der Waals surface area contributed by atoms with Crippen LogP contribution in [-0.4, -0.2) is 32.5 Å². The summed E-state index contributed by atoms with van der Waals surface area (Å²) in [6.45, 7) is 7.58. The molecular weight excluding hydrogens is 190 g/mol. The average Bonchev–Trinajstić information content (AvgIpc) is 2.61. The van der Waals surface area contributed by atoms with Gasteiger partial charge < -0.3 is 15.2 Å². The van der Waals surface area contributed by atoms with Crippen LogP contribution in [-0.2, 0) is 9.47 Å². The molecule has 2 N–H and O–H groups in total. The Bertz CT molecular complexity index is 175. The molecule has 0 aromatic heterocycles. The average molecular weight is 215 g/mol. The summed E-state index contributed by atoms with van der Waals surface area (Å²) in [6, 6.07) is 0. The lowest BCUT2D eigenvalue weighted by Crippen LogP contribution is -2.37. The van der Waals surface area contributed by atoms with Crippen molar-refractivity contribution in [3.63, 3.8) is 0 Å². The quantitative estimate of drug-likeness (QED) is 0.660. The standard InChI is InChI=1S/C12H25NO2/c1-3-4-7-14-8-5-12(10-13)6-9-15-11(12)2/h11H,3-10,13H2,1-2H3. The van der Waals surface area contributed by atoms with Crippen molar-refractivity contribution in [3.05, 3.63) is 0 Å². The van der Waals surface area contributed by atoms with Crippen LogP contribution in [0.15, 0.2) is 0 Å². The van der Waals surface area contributed by atoms with Crippen LogP contribution in [0.3, 0.4) is 0 Å². The first-order chi connectivity index (χ1) is 7.25. The van der Waals surface area contributed by atoms with Crippen LogP contribution in [0.2, 0.25) is 0 Å². The predicted molar refractivity (Wildman–Crippen MR) is 61.9 cm³/mol. The van der Waals surface area contributed by atoms with Gasteiger partial charge in [0.05, 0.1) is 6.10 Å². The van der Waals surface area contributed by atoms with Crippen LogP contribution in [0, 0.1) is 5.41 Å². The number of nitrogens with two attached hydrogens (primary N) is 1. The molecule has 2 unspecified atom stereocenters. The van der Waals surface area contributed by atoms with Gasteiger partial charge in [-0.15, -0.1) is 0 Å². The molecule has 1 saturated heterocycles. The van der Waals surface area contributed by atoms with E-state index in [1.54, 1.807) is 0 Å². The molecule has 3 nitrogen and oxygen atoms in total. The molecule has 90 valence electrons. The molecule has 0 amide bonds. The summed E-state index contributed by atoms with van der Waals surface area (Å²) in [6.07, 6.45) is 4.76. The predicted octanol–water partition coefficient (Wildman–Crippen LogP) is 1.95. The molecular formula is C12H25NO2. The van der Waals surface area contributed by atoms with E-state index in [-0.39, 0.29) is 11.5 Å². The van der Waals surface area contributed by atoms with Gasteiger partial charge in [-0.05, 0) is 26.2 Å². The molecule has 1 heterocycles. The number of rotatable bonds is 7. The van der Waals surface area contributed by atoms with Crippen molar-refractivity contribution in [1.29, 1.82) is 0 Å². The lowest BCUT2D eigenvalue weighted by molar-refractivity contribution is 0.0368. The van der Waals surface area contributed by atoms with Gasteiger partial charge in [-0.1, -0.05) is 13.3 Å². The Morgan fingerprint density at radius 3 is 2.80 bits per heavy atom. The van der Waals surface area contributed by atoms with E-state index in [0.717, 1.165) is 39.1 Å². The second-order valence-electron chi connectivity index (χ2n) is 4.55. The fourth-order valence-electron chi connectivity index (χ4n) is 2.14. The molecule has 0 bridgehead atoms. The Balaban J connectivity index is 2.22. The zero-order valence-corrected chi connectivity index (χ0v) is 10.1. The van der Waals surface area contributed by atoms with Crippen LogP contribution in [0.4, 0.5) is 0 Å². The molecule has 0 aliphatic carbocycles. The molecule has 15 heavy (non-hydrogen) atoms. The summed E-state index contributed by atoms with van der Waals surface area (Å²) in [4.78, 5) is 0. The highest BCUT2D eigenvalue weighted by atomic mass is 16.5. The maximum atomic E-state index is 5.86. The lowest BCUT2D eigenvalue weighted by Gasteiger charge is -2.30. The van der Waals surface area contributed by atoms with E-state index >= 15 is 0 Å². The van der Waals surface area contributed by atoms with E-state index in [9.17, 15) is 0 Å². The van der Waals surface area contributed by atoms with Crippen molar-refractivity contribution < 1.29 is 9.47 Å². The molecule has 1 aliphatic heterocycles. The smallest absolute Gasteiger partial charge is 0.0616 e. The monoisotopic (exact) mass is 215 g/mol. The molecule has 2 atom stereocenters. The van der Waals surface area contributed by atoms with Gasteiger partial charge in [0.1, 0.15) is 0 Å². The summed E-state index contributed by atoms with van der Waals surface area (Å²) >= 11 is 0. The Morgan fingerprint density at radius 2 is 2.27 bits per heavy atom. The van der Waals surface area contributed by atoms with E-state index in [0.29, 0.717) is 6.54 Å². The summed E-state index contributed by atoms with van der Waals surface area (Å²) in [5.74, 6) is 0. The third-order valence-electron chi connectivity index (χ3n) is 3.62. The van der Waals surface area contributed by atoms with E-state index in [1.807, 2.05) is 0 Å². The van der Waals surface area contributed by atoms with E-state index in [1.165, 1.54) is 6.42 Å². The minimum absolute atomic E-state index is 0.173. The van der Waals surface area contributed by atoms with Gasteiger partial charge in [-0.25, -0.2) is 0 Å². The van der Waals surface area contributed by atoms with E-state index in [2.05, 4.69) is 13.8 Å². The molecule has 0 spiro atoms. The Kier molecular flexibility index (Phi) is 5.58. The number of hydrogen-bond acceptors (Lipinski definition) is 3. The minimum Gasteiger partial charge on any atom is -0.381 e. The normalized spacial score (nSPS) is 31.0. The zero-order chi connectivity index (χ0) is 11.1. The van der Waals surface area contributed by atoms with Crippen molar-refractivity contribution in [1.82, 2.24) is 0 Å². The van der Waals surface area contributed by atoms with Crippen LogP contribution in [0.5, 0.6) is 0 Å². The summed E-state index contributed by atoms with van der Waals surface area (Å²) in [7, 11) is 0. The van der Waals surface area contributed by atoms with Crippen molar-refractivity contribution in [2.45, 2.75) is 45.6 Å². The zero-order valence-electron chi connectivity index (χ0n) is 10.1. The van der Waals surface area contributed by atoms with Gasteiger partial charge >= 0.3 is 0 Å². The van der Waals surface area contributed by atoms with E-state index in [4.69, 9.17) is 15.2 Å². The first-order valence-electron chi connectivity index (χ1n) is 6.14. The summed E-state index contributed by atoms with van der Waals surface area (Å²) < 4.78 is 11.2. The first-order valence-corrected chi connectivity index (χ1v) is 6.14. The fourth-order valence-corrected chi connectivity index (χ4v) is 2.14. The van der Waals surface area contributed by atoms with Crippen LogP contribution in [0.1, 0.15) is 39.5 Å². The summed E-state index contributed by atoms with van der Waals surface area (Å²) in [5, 5.41) is 0. The van der Waals surface area contributed by atoms with Gasteiger partial charge in [-0.3, -0.25) is 0 Å². The largest absolute Gasteiger partial charge is 0.381 e. The lowest BCUT2D eigenvalue weighted by atomic mass is 9.79. The minimum atomic E-state index is 0.173. The van der Waals surface area contributed by atoms with Crippen LogP contribution < -0.4 is 5.73 Å². The second-order valence-corrected chi connectivity index (χ2v) is 4.55. The van der Waals surface area contributed by atoms with Gasteiger partial charge in [0, 0.05) is 31.8 Å². The van der Waals surface area contributed by atoms with Crippen LogP contribution in [0.25, 0.3) is 0 Å². The molecule has 0 radical (unpaired) electrons. The highest BCUT2D eigenvalue weighted by Crippen LogP contribution is 2.37. The Morgan fingerprint density at radius 1 is 1.47 bits per heavy atom. The molecule has 1 aliphatic rings. The summed E-state index contributed by atoms with van der Waals surface area (Å²) in [5.41, 5.74) is 6.04. The molecule has 0 saturated carbocycles. The third-order valence-corrected chi connectivity index (χ3v) is 3.62. The Labute approximate surface area is 93.3 Å². The van der Waals surface area contributed by atoms with Gasteiger partial charge in [0.2, 0.25) is 0 Å². The molecule has 3 heteroatoms. The van der Waals surface area contributed by atoms with Crippen LogP contribution >= 0.6 is 0 Å². The van der Waals surface area contributed by atoms with Gasteiger partial charge in [0.25, 0.3) is 0 Å². The highest BCUT2D eigenvalue weighted by Gasteiger charge is 2.39. The molecule has 0 aromatic carbocycles. The number of unbranched alkanes of at least 4 members (excludes halogenated alkanes) is 1. The van der Waals surface area contributed by atoms with Crippen molar-refractivity contribution in [2.24, 2.45) is 11.1 Å². The molecule has 0 aromatic rings. The Hall–Kier alpha value is -0.120. The molecule has 1 rings (SSSR count). The topological polar surface area (TPSA) is 44.5 Å². The van der Waals surface area contributed by atoms with E-state index < -0.39 is 0 Å².